The molecule has 0 aromatic carbocycles. The van der Waals surface area contributed by atoms with Crippen molar-refractivity contribution in [2.24, 2.45) is 0 Å². The van der Waals surface area contributed by atoms with Crippen molar-refractivity contribution in [3.05, 3.63) is 17.9 Å². The van der Waals surface area contributed by atoms with Gasteiger partial charge in [-0.15, -0.1) is 5.73 Å². The van der Waals surface area contributed by atoms with Gasteiger partial charge >= 0.3 is 5.97 Å². The van der Waals surface area contributed by atoms with E-state index in [0.29, 0.717) is 6.42 Å². The molecule has 21 heavy (non-hydrogen) atoms. The molecule has 0 aliphatic heterocycles. The van der Waals surface area contributed by atoms with Gasteiger partial charge in [-0.1, -0.05) is 45.4 Å². The van der Waals surface area contributed by atoms with Gasteiger partial charge in [0.15, 0.2) is 0 Å². The van der Waals surface area contributed by atoms with Crippen molar-refractivity contribution in [2.45, 2.75) is 71.1 Å². The monoisotopic (exact) mass is 312 g/mol. The Bertz CT molecular complexity index is 294. The van der Waals surface area contributed by atoms with Crippen LogP contribution in [0, 0.1) is 0 Å². The van der Waals surface area contributed by atoms with Gasteiger partial charge in [-0.05, 0) is 37.2 Å². The van der Waals surface area contributed by atoms with Crippen LogP contribution in [0.4, 0.5) is 0 Å². The van der Waals surface area contributed by atoms with Crippen LogP contribution in [0.25, 0.3) is 0 Å². The molecule has 122 valence electrons. The number of thioether (sulfide) groups is 1. The van der Waals surface area contributed by atoms with E-state index in [2.05, 4.69) is 23.5 Å². The number of hydrogen-bond acceptors (Lipinski definition) is 3. The summed E-state index contributed by atoms with van der Waals surface area (Å²) < 4.78 is 4.58. The van der Waals surface area contributed by atoms with Crippen molar-refractivity contribution in [1.82, 2.24) is 0 Å². The van der Waals surface area contributed by atoms with E-state index < -0.39 is 0 Å². The molecule has 0 saturated heterocycles. The zero-order valence-corrected chi connectivity index (χ0v) is 14.7. The summed E-state index contributed by atoms with van der Waals surface area (Å²) in [6.45, 7) is 2.26. The van der Waals surface area contributed by atoms with Crippen LogP contribution < -0.4 is 0 Å². The Kier molecular flexibility index (Phi) is 16.8. The van der Waals surface area contributed by atoms with Crippen LogP contribution in [0.15, 0.2) is 17.9 Å². The van der Waals surface area contributed by atoms with Gasteiger partial charge in [0.2, 0.25) is 0 Å². The Morgan fingerprint density at radius 2 is 1.76 bits per heavy atom. The summed E-state index contributed by atoms with van der Waals surface area (Å²) in [6, 6.07) is 0. The van der Waals surface area contributed by atoms with Crippen LogP contribution in [-0.4, -0.2) is 24.6 Å². The van der Waals surface area contributed by atoms with E-state index in [9.17, 15) is 4.79 Å². The van der Waals surface area contributed by atoms with Crippen LogP contribution in [0.2, 0.25) is 0 Å². The lowest BCUT2D eigenvalue weighted by molar-refractivity contribution is -0.140. The lowest BCUT2D eigenvalue weighted by atomic mass is 10.1. The van der Waals surface area contributed by atoms with Gasteiger partial charge in [-0.2, -0.15) is 11.8 Å². The topological polar surface area (TPSA) is 26.3 Å². The van der Waals surface area contributed by atoms with E-state index in [1.165, 1.54) is 57.8 Å². The molecule has 0 spiro atoms. The molecule has 0 fully saturated rings. The standard InChI is InChI=1S/C18H32O2S/c1-3-4-5-6-7-10-13-16-21-17-14-11-8-9-12-15-18(19)20-2/h8,14H,3-7,9-10,12-13,15-17H2,1-2H3. The van der Waals surface area contributed by atoms with Crippen molar-refractivity contribution in [1.29, 1.82) is 0 Å². The van der Waals surface area contributed by atoms with Gasteiger partial charge in [-0.3, -0.25) is 4.79 Å². The first kappa shape index (κ1) is 20.3. The number of esters is 1. The third-order valence-electron chi connectivity index (χ3n) is 3.29. The largest absolute Gasteiger partial charge is 0.469 e. The molecular weight excluding hydrogens is 280 g/mol. The Morgan fingerprint density at radius 3 is 2.48 bits per heavy atom. The minimum Gasteiger partial charge on any atom is -0.469 e. The number of methoxy groups -OCH3 is 1. The second-order valence-corrected chi connectivity index (χ2v) is 6.39. The van der Waals surface area contributed by atoms with E-state index in [4.69, 9.17) is 0 Å². The zero-order valence-electron chi connectivity index (χ0n) is 13.9. The van der Waals surface area contributed by atoms with Gasteiger partial charge in [0.1, 0.15) is 0 Å². The Morgan fingerprint density at radius 1 is 1.05 bits per heavy atom. The third-order valence-corrected chi connectivity index (χ3v) is 4.27. The van der Waals surface area contributed by atoms with Gasteiger partial charge in [0.25, 0.3) is 0 Å². The minimum absolute atomic E-state index is 0.127. The molecular formula is C18H32O2S. The molecule has 0 aliphatic rings. The lowest BCUT2D eigenvalue weighted by Gasteiger charge is -2.00. The maximum atomic E-state index is 10.9. The molecule has 0 bridgehead atoms. The molecule has 0 heterocycles. The Balaban J connectivity index is 3.22. The quantitative estimate of drug-likeness (QED) is 0.240. The second kappa shape index (κ2) is 17.4. The molecule has 2 nitrogen and oxygen atoms in total. The first-order chi connectivity index (χ1) is 10.3. The maximum Gasteiger partial charge on any atom is 0.305 e. The minimum atomic E-state index is -0.127. The molecule has 0 unspecified atom stereocenters. The number of ether oxygens (including phenoxy) is 1. The molecule has 0 amide bonds. The van der Waals surface area contributed by atoms with E-state index in [1.54, 1.807) is 0 Å². The number of rotatable bonds is 14. The summed E-state index contributed by atoms with van der Waals surface area (Å²) in [5, 5.41) is 0. The van der Waals surface area contributed by atoms with Crippen molar-refractivity contribution < 1.29 is 9.53 Å². The zero-order chi connectivity index (χ0) is 15.6. The van der Waals surface area contributed by atoms with Crippen LogP contribution in [0.5, 0.6) is 0 Å². The lowest BCUT2D eigenvalue weighted by Crippen LogP contribution is -1.98. The fourth-order valence-corrected chi connectivity index (χ4v) is 2.76. The van der Waals surface area contributed by atoms with E-state index >= 15 is 0 Å². The average Bonchev–Trinajstić information content (AvgIpc) is 2.50. The third kappa shape index (κ3) is 17.3. The number of carbonyl (C=O) groups is 1. The SMILES string of the molecule is CCCCCCCCCSCC=C=CCCCC(=O)OC. The molecule has 0 rings (SSSR count). The van der Waals surface area contributed by atoms with E-state index in [0.717, 1.165) is 18.6 Å². The fraction of sp³-hybridized carbons (Fsp3) is 0.778. The van der Waals surface area contributed by atoms with Crippen LogP contribution in [0.3, 0.4) is 0 Å². The van der Waals surface area contributed by atoms with E-state index in [1.807, 2.05) is 17.8 Å². The van der Waals surface area contributed by atoms with Crippen molar-refractivity contribution in [3.8, 4) is 0 Å². The molecule has 0 atom stereocenters. The summed E-state index contributed by atoms with van der Waals surface area (Å²) >= 11 is 1.98. The summed E-state index contributed by atoms with van der Waals surface area (Å²) in [6.07, 6.45) is 16.0. The van der Waals surface area contributed by atoms with Crippen LogP contribution in [0.1, 0.15) is 71.1 Å². The second-order valence-electron chi connectivity index (χ2n) is 5.24. The van der Waals surface area contributed by atoms with Crippen LogP contribution in [-0.2, 0) is 9.53 Å². The fourth-order valence-electron chi connectivity index (χ4n) is 1.97. The molecule has 3 heteroatoms. The first-order valence-electron chi connectivity index (χ1n) is 8.35. The highest BCUT2D eigenvalue weighted by molar-refractivity contribution is 7.99. The highest BCUT2D eigenvalue weighted by atomic mass is 32.2. The first-order valence-corrected chi connectivity index (χ1v) is 9.50. The highest BCUT2D eigenvalue weighted by Gasteiger charge is 1.96. The summed E-state index contributed by atoms with van der Waals surface area (Å²) in [5.74, 6) is 2.18. The predicted octanol–water partition coefficient (Wildman–Crippen LogP) is 5.52. The van der Waals surface area contributed by atoms with Gasteiger partial charge < -0.3 is 4.74 Å². The number of hydrogen-bond donors (Lipinski definition) is 0. The molecule has 0 saturated carbocycles. The maximum absolute atomic E-state index is 10.9. The number of carbonyl (C=O) groups excluding carboxylic acids is 1. The highest BCUT2D eigenvalue weighted by Crippen LogP contribution is 2.10. The van der Waals surface area contributed by atoms with Gasteiger partial charge in [0.05, 0.1) is 7.11 Å². The molecule has 0 N–H and O–H groups in total. The Hall–Kier alpha value is -0.660. The summed E-state index contributed by atoms with van der Waals surface area (Å²) in [4.78, 5) is 10.9. The smallest absolute Gasteiger partial charge is 0.305 e. The van der Waals surface area contributed by atoms with Crippen molar-refractivity contribution in [3.63, 3.8) is 0 Å². The molecule has 0 aromatic rings. The normalized spacial score (nSPS) is 10.0. The predicted molar refractivity (Wildman–Crippen MR) is 93.8 cm³/mol. The van der Waals surface area contributed by atoms with Crippen molar-refractivity contribution in [2.75, 3.05) is 18.6 Å². The van der Waals surface area contributed by atoms with Gasteiger partial charge in [-0.25, -0.2) is 0 Å². The Labute approximate surface area is 135 Å². The summed E-state index contributed by atoms with van der Waals surface area (Å²) in [7, 11) is 1.43. The molecule has 0 radical (unpaired) electrons. The average molecular weight is 313 g/mol. The van der Waals surface area contributed by atoms with Crippen LogP contribution >= 0.6 is 11.8 Å². The molecule has 0 aromatic heterocycles. The van der Waals surface area contributed by atoms with Gasteiger partial charge in [0, 0.05) is 12.2 Å². The van der Waals surface area contributed by atoms with Crippen molar-refractivity contribution >= 4 is 17.7 Å². The number of unbranched alkanes of at least 4 members (excludes halogenated alkanes) is 7. The van der Waals surface area contributed by atoms with E-state index in [-0.39, 0.29) is 5.97 Å². The molecule has 0 aliphatic carbocycles. The summed E-state index contributed by atoms with van der Waals surface area (Å²) in [5.41, 5.74) is 3.18.